The molecule has 0 aromatic rings. The second-order valence-corrected chi connectivity index (χ2v) is 4.96. The maximum atomic E-state index is 3.75. The fourth-order valence-electron chi connectivity index (χ4n) is 2.96. The smallest absolute Gasteiger partial charge is 0.0691 e. The summed E-state index contributed by atoms with van der Waals surface area (Å²) in [6.45, 7) is 4.61. The monoisotopic (exact) mass is 182 g/mol. The number of rotatable bonds is 0. The SMILES string of the molecule is C[C@H]1CCCC2(CCC[C@H](C)N2)N1. The number of piperidine rings is 2. The average molecular weight is 182 g/mol. The summed E-state index contributed by atoms with van der Waals surface area (Å²) in [5.74, 6) is 0. The molecule has 2 fully saturated rings. The zero-order valence-corrected chi connectivity index (χ0v) is 8.90. The van der Waals surface area contributed by atoms with Gasteiger partial charge in [0.25, 0.3) is 0 Å². The van der Waals surface area contributed by atoms with Gasteiger partial charge in [0.15, 0.2) is 0 Å². The van der Waals surface area contributed by atoms with E-state index in [0.717, 1.165) is 0 Å². The summed E-state index contributed by atoms with van der Waals surface area (Å²) in [5.41, 5.74) is 0.301. The maximum Gasteiger partial charge on any atom is 0.0691 e. The van der Waals surface area contributed by atoms with Crippen molar-refractivity contribution < 1.29 is 0 Å². The lowest BCUT2D eigenvalue weighted by molar-refractivity contribution is 0.110. The Morgan fingerprint density at radius 2 is 1.38 bits per heavy atom. The highest BCUT2D eigenvalue weighted by atomic mass is 15.2. The van der Waals surface area contributed by atoms with Crippen LogP contribution in [0.2, 0.25) is 0 Å². The normalized spacial score (nSPS) is 39.2. The topological polar surface area (TPSA) is 24.1 Å². The van der Waals surface area contributed by atoms with Gasteiger partial charge in [-0.05, 0) is 52.4 Å². The molecule has 76 valence electrons. The van der Waals surface area contributed by atoms with Crippen LogP contribution >= 0.6 is 0 Å². The van der Waals surface area contributed by atoms with E-state index in [-0.39, 0.29) is 0 Å². The summed E-state index contributed by atoms with van der Waals surface area (Å²) in [7, 11) is 0. The van der Waals surface area contributed by atoms with Gasteiger partial charge < -0.3 is 0 Å². The molecule has 0 aromatic heterocycles. The summed E-state index contributed by atoms with van der Waals surface area (Å²) in [5, 5.41) is 7.50. The van der Waals surface area contributed by atoms with Crippen molar-refractivity contribution in [1.82, 2.24) is 10.6 Å². The second-order valence-electron chi connectivity index (χ2n) is 4.96. The highest BCUT2D eigenvalue weighted by Gasteiger charge is 2.36. The van der Waals surface area contributed by atoms with E-state index < -0.39 is 0 Å². The van der Waals surface area contributed by atoms with Gasteiger partial charge in [0.1, 0.15) is 0 Å². The molecule has 2 nitrogen and oxygen atoms in total. The second kappa shape index (κ2) is 3.58. The molecule has 2 aliphatic rings. The minimum absolute atomic E-state index is 0.301. The van der Waals surface area contributed by atoms with E-state index in [2.05, 4.69) is 24.5 Å². The Kier molecular flexibility index (Phi) is 2.61. The van der Waals surface area contributed by atoms with Crippen LogP contribution in [0.25, 0.3) is 0 Å². The molecule has 2 heteroatoms. The Morgan fingerprint density at radius 3 is 1.77 bits per heavy atom. The van der Waals surface area contributed by atoms with Crippen LogP contribution in [0.1, 0.15) is 52.4 Å². The third kappa shape index (κ3) is 2.05. The van der Waals surface area contributed by atoms with Crippen molar-refractivity contribution >= 4 is 0 Å². The van der Waals surface area contributed by atoms with Crippen LogP contribution in [-0.2, 0) is 0 Å². The van der Waals surface area contributed by atoms with E-state index in [1.807, 2.05) is 0 Å². The minimum Gasteiger partial charge on any atom is -0.297 e. The third-order valence-electron chi connectivity index (χ3n) is 3.53. The van der Waals surface area contributed by atoms with Crippen LogP contribution in [0.4, 0.5) is 0 Å². The largest absolute Gasteiger partial charge is 0.297 e. The first-order valence-corrected chi connectivity index (χ1v) is 5.76. The van der Waals surface area contributed by atoms with Gasteiger partial charge in [-0.2, -0.15) is 0 Å². The maximum absolute atomic E-state index is 3.75. The van der Waals surface area contributed by atoms with Gasteiger partial charge in [-0.15, -0.1) is 0 Å². The molecule has 2 N–H and O–H groups in total. The molecule has 0 saturated carbocycles. The van der Waals surface area contributed by atoms with Gasteiger partial charge in [-0.25, -0.2) is 0 Å². The van der Waals surface area contributed by atoms with E-state index in [0.29, 0.717) is 17.7 Å². The Balaban J connectivity index is 2.00. The van der Waals surface area contributed by atoms with Gasteiger partial charge in [0.05, 0.1) is 5.66 Å². The molecule has 2 saturated heterocycles. The number of hydrogen-bond acceptors (Lipinski definition) is 2. The van der Waals surface area contributed by atoms with Crippen LogP contribution in [0.5, 0.6) is 0 Å². The predicted octanol–water partition coefficient (Wildman–Crippen LogP) is 2.01. The standard InChI is InChI=1S/C11H22N2/c1-9-5-3-7-11(12-9)8-4-6-10(2)13-11/h9-10,12-13H,3-8H2,1-2H3/t9-,10-,11?/m0/s1. The van der Waals surface area contributed by atoms with Crippen LogP contribution in [-0.4, -0.2) is 17.7 Å². The molecule has 0 bridgehead atoms. The summed E-state index contributed by atoms with van der Waals surface area (Å²) < 4.78 is 0. The Hall–Kier alpha value is -0.0800. The molecule has 1 spiro atoms. The molecule has 2 heterocycles. The fourth-order valence-corrected chi connectivity index (χ4v) is 2.96. The van der Waals surface area contributed by atoms with Crippen molar-refractivity contribution in [2.24, 2.45) is 0 Å². The molecule has 0 aliphatic carbocycles. The van der Waals surface area contributed by atoms with Gasteiger partial charge >= 0.3 is 0 Å². The van der Waals surface area contributed by atoms with Crippen LogP contribution < -0.4 is 10.6 Å². The van der Waals surface area contributed by atoms with Gasteiger partial charge in [0, 0.05) is 12.1 Å². The number of nitrogens with one attached hydrogen (secondary N) is 2. The summed E-state index contributed by atoms with van der Waals surface area (Å²) >= 11 is 0. The Bertz CT molecular complexity index is 159. The molecule has 2 rings (SSSR count). The summed E-state index contributed by atoms with van der Waals surface area (Å²) in [6.07, 6.45) is 8.10. The molecule has 0 unspecified atom stereocenters. The summed E-state index contributed by atoms with van der Waals surface area (Å²) in [6, 6.07) is 1.40. The van der Waals surface area contributed by atoms with Crippen LogP contribution in [0.3, 0.4) is 0 Å². The first-order valence-electron chi connectivity index (χ1n) is 5.76. The molecule has 0 amide bonds. The van der Waals surface area contributed by atoms with Gasteiger partial charge in [0.2, 0.25) is 0 Å². The van der Waals surface area contributed by atoms with E-state index in [1.54, 1.807) is 0 Å². The lowest BCUT2D eigenvalue weighted by Crippen LogP contribution is -2.65. The molecule has 2 atom stereocenters. The Labute approximate surface area is 81.5 Å². The molecule has 13 heavy (non-hydrogen) atoms. The van der Waals surface area contributed by atoms with E-state index in [4.69, 9.17) is 0 Å². The van der Waals surface area contributed by atoms with Gasteiger partial charge in [-0.3, -0.25) is 10.6 Å². The molecular formula is C11H22N2. The van der Waals surface area contributed by atoms with Crippen LogP contribution in [0.15, 0.2) is 0 Å². The lowest BCUT2D eigenvalue weighted by atomic mass is 9.85. The lowest BCUT2D eigenvalue weighted by Gasteiger charge is -2.47. The zero-order chi connectivity index (χ0) is 9.31. The molecule has 0 aromatic carbocycles. The fraction of sp³-hybridized carbons (Fsp3) is 1.00. The minimum atomic E-state index is 0.301. The Morgan fingerprint density at radius 1 is 0.923 bits per heavy atom. The summed E-state index contributed by atoms with van der Waals surface area (Å²) in [4.78, 5) is 0. The molecular weight excluding hydrogens is 160 g/mol. The van der Waals surface area contributed by atoms with Crippen molar-refractivity contribution in [2.45, 2.75) is 70.1 Å². The first-order chi connectivity index (χ1) is 6.20. The van der Waals surface area contributed by atoms with Crippen molar-refractivity contribution in [1.29, 1.82) is 0 Å². The highest BCUT2D eigenvalue weighted by Crippen LogP contribution is 2.29. The number of hydrogen-bond donors (Lipinski definition) is 2. The first kappa shape index (κ1) is 9.47. The molecule has 2 aliphatic heterocycles. The highest BCUT2D eigenvalue weighted by molar-refractivity contribution is 4.95. The van der Waals surface area contributed by atoms with E-state index in [1.165, 1.54) is 38.5 Å². The van der Waals surface area contributed by atoms with Crippen molar-refractivity contribution in [3.63, 3.8) is 0 Å². The average Bonchev–Trinajstić information content (AvgIpc) is 2.02. The van der Waals surface area contributed by atoms with E-state index in [9.17, 15) is 0 Å². The van der Waals surface area contributed by atoms with Crippen molar-refractivity contribution in [3.05, 3.63) is 0 Å². The predicted molar refractivity (Wildman–Crippen MR) is 55.6 cm³/mol. The van der Waals surface area contributed by atoms with E-state index >= 15 is 0 Å². The molecule has 0 radical (unpaired) electrons. The van der Waals surface area contributed by atoms with Crippen molar-refractivity contribution in [2.75, 3.05) is 0 Å². The zero-order valence-electron chi connectivity index (χ0n) is 8.90. The third-order valence-corrected chi connectivity index (χ3v) is 3.53. The van der Waals surface area contributed by atoms with Crippen LogP contribution in [0, 0.1) is 0 Å². The quantitative estimate of drug-likeness (QED) is 0.599. The van der Waals surface area contributed by atoms with Gasteiger partial charge in [-0.1, -0.05) is 0 Å². The van der Waals surface area contributed by atoms with Crippen molar-refractivity contribution in [3.8, 4) is 0 Å².